The summed E-state index contributed by atoms with van der Waals surface area (Å²) < 4.78 is 24.7. The molecule has 1 heterocycles. The lowest BCUT2D eigenvalue weighted by Gasteiger charge is -2.18. The lowest BCUT2D eigenvalue weighted by Crippen LogP contribution is -2.36. The molecule has 0 saturated heterocycles. The van der Waals surface area contributed by atoms with Crippen molar-refractivity contribution in [2.45, 2.75) is 10.6 Å². The quantitative estimate of drug-likeness (QED) is 0.747. The number of sulfonamides is 1. The van der Waals surface area contributed by atoms with E-state index in [4.69, 9.17) is 10.2 Å². The van der Waals surface area contributed by atoms with Gasteiger partial charge in [-0.15, -0.1) is 11.3 Å². The lowest BCUT2D eigenvalue weighted by atomic mass is 10.4. The molecular formula is C9H11NO6S2. The average Bonchev–Trinajstić information content (AvgIpc) is 2.76. The first-order chi connectivity index (χ1) is 8.34. The number of rotatable bonds is 7. The van der Waals surface area contributed by atoms with E-state index in [1.54, 1.807) is 5.38 Å². The number of hydrogen-bond acceptors (Lipinski definition) is 5. The van der Waals surface area contributed by atoms with Crippen LogP contribution in [0.25, 0.3) is 0 Å². The van der Waals surface area contributed by atoms with E-state index in [1.165, 1.54) is 12.1 Å². The summed E-state index contributed by atoms with van der Waals surface area (Å²) in [4.78, 5) is 21.1. The van der Waals surface area contributed by atoms with E-state index in [2.05, 4.69) is 0 Å². The Labute approximate surface area is 107 Å². The number of nitrogens with zero attached hydrogens (tertiary/aromatic N) is 1. The molecule has 0 unspecified atom stereocenters. The molecule has 100 valence electrons. The van der Waals surface area contributed by atoms with E-state index in [1.807, 2.05) is 0 Å². The van der Waals surface area contributed by atoms with Crippen LogP contribution in [0.1, 0.15) is 6.42 Å². The second kappa shape index (κ2) is 5.94. The predicted molar refractivity (Wildman–Crippen MR) is 63.0 cm³/mol. The zero-order chi connectivity index (χ0) is 13.8. The third-order valence-electron chi connectivity index (χ3n) is 1.98. The normalized spacial score (nSPS) is 11.6. The summed E-state index contributed by atoms with van der Waals surface area (Å²) >= 11 is 0.950. The Bertz CT molecular complexity index is 521. The number of carbonyl (C=O) groups is 2. The van der Waals surface area contributed by atoms with Gasteiger partial charge in [-0.2, -0.15) is 4.31 Å². The fourth-order valence-electron chi connectivity index (χ4n) is 1.19. The zero-order valence-electron chi connectivity index (χ0n) is 9.14. The maximum absolute atomic E-state index is 12.0. The summed E-state index contributed by atoms with van der Waals surface area (Å²) in [5.41, 5.74) is 0. The van der Waals surface area contributed by atoms with Gasteiger partial charge in [0.05, 0.1) is 6.42 Å². The molecule has 1 rings (SSSR count). The van der Waals surface area contributed by atoms with E-state index < -0.39 is 34.9 Å². The number of aliphatic carboxylic acids is 2. The molecule has 1 aromatic heterocycles. The minimum atomic E-state index is -3.94. The van der Waals surface area contributed by atoms with E-state index in [9.17, 15) is 18.0 Å². The second-order valence-electron chi connectivity index (χ2n) is 3.31. The molecule has 1 aromatic rings. The minimum absolute atomic E-state index is 0.00543. The molecule has 0 amide bonds. The van der Waals surface area contributed by atoms with E-state index in [-0.39, 0.29) is 10.8 Å². The van der Waals surface area contributed by atoms with Crippen molar-refractivity contribution in [2.24, 2.45) is 0 Å². The first kappa shape index (κ1) is 14.6. The molecule has 0 atom stereocenters. The van der Waals surface area contributed by atoms with Crippen LogP contribution in [-0.4, -0.2) is 48.0 Å². The highest BCUT2D eigenvalue weighted by molar-refractivity contribution is 7.91. The van der Waals surface area contributed by atoms with Crippen LogP contribution in [0.4, 0.5) is 0 Å². The number of carboxylic acid groups (broad SMARTS) is 2. The molecule has 0 spiro atoms. The van der Waals surface area contributed by atoms with Crippen molar-refractivity contribution in [2.75, 3.05) is 13.1 Å². The van der Waals surface area contributed by atoms with Crippen LogP contribution in [-0.2, 0) is 19.6 Å². The van der Waals surface area contributed by atoms with Crippen molar-refractivity contribution < 1.29 is 28.2 Å². The summed E-state index contributed by atoms with van der Waals surface area (Å²) in [5.74, 6) is -2.52. The summed E-state index contributed by atoms with van der Waals surface area (Å²) in [5, 5.41) is 18.7. The largest absolute Gasteiger partial charge is 0.481 e. The first-order valence-electron chi connectivity index (χ1n) is 4.81. The third-order valence-corrected chi connectivity index (χ3v) is 5.19. The maximum Gasteiger partial charge on any atom is 0.318 e. The highest BCUT2D eigenvalue weighted by atomic mass is 32.2. The van der Waals surface area contributed by atoms with Crippen molar-refractivity contribution in [3.8, 4) is 0 Å². The van der Waals surface area contributed by atoms with Gasteiger partial charge in [0, 0.05) is 6.54 Å². The van der Waals surface area contributed by atoms with Gasteiger partial charge in [0.1, 0.15) is 10.8 Å². The van der Waals surface area contributed by atoms with Crippen LogP contribution in [0.3, 0.4) is 0 Å². The number of thiophene rings is 1. The number of carboxylic acids is 2. The molecule has 0 aliphatic rings. The summed E-state index contributed by atoms with van der Waals surface area (Å²) in [7, 11) is -3.94. The predicted octanol–water partition coefficient (Wildman–Crippen LogP) is 0.298. The van der Waals surface area contributed by atoms with Gasteiger partial charge in [-0.25, -0.2) is 8.42 Å². The van der Waals surface area contributed by atoms with Gasteiger partial charge in [0.25, 0.3) is 10.0 Å². The van der Waals surface area contributed by atoms with Gasteiger partial charge in [0.2, 0.25) is 0 Å². The Morgan fingerprint density at radius 1 is 1.28 bits per heavy atom. The van der Waals surface area contributed by atoms with E-state index in [0.717, 1.165) is 11.3 Å². The third kappa shape index (κ3) is 3.79. The summed E-state index contributed by atoms with van der Waals surface area (Å²) in [6, 6.07) is 2.86. The summed E-state index contributed by atoms with van der Waals surface area (Å²) in [6.45, 7) is -1.13. The number of hydrogen-bond donors (Lipinski definition) is 2. The highest BCUT2D eigenvalue weighted by Crippen LogP contribution is 2.20. The minimum Gasteiger partial charge on any atom is -0.481 e. The monoisotopic (exact) mass is 293 g/mol. The Morgan fingerprint density at radius 2 is 1.94 bits per heavy atom. The average molecular weight is 293 g/mol. The molecule has 2 N–H and O–H groups in total. The Balaban J connectivity index is 2.95. The molecule has 0 radical (unpaired) electrons. The van der Waals surface area contributed by atoms with E-state index in [0.29, 0.717) is 4.31 Å². The van der Waals surface area contributed by atoms with Crippen LogP contribution in [0, 0.1) is 0 Å². The van der Waals surface area contributed by atoms with Crippen molar-refractivity contribution >= 4 is 33.3 Å². The van der Waals surface area contributed by atoms with Gasteiger partial charge in [-0.05, 0) is 11.4 Å². The van der Waals surface area contributed by atoms with Crippen molar-refractivity contribution in [3.63, 3.8) is 0 Å². The fraction of sp³-hybridized carbons (Fsp3) is 0.333. The Hall–Kier alpha value is -1.45. The van der Waals surface area contributed by atoms with E-state index >= 15 is 0 Å². The lowest BCUT2D eigenvalue weighted by molar-refractivity contribution is -0.139. The SMILES string of the molecule is O=C(O)CCN(CC(=O)O)S(=O)(=O)c1cccs1. The fourth-order valence-corrected chi connectivity index (χ4v) is 3.73. The van der Waals surface area contributed by atoms with Crippen LogP contribution in [0.15, 0.2) is 21.7 Å². The first-order valence-corrected chi connectivity index (χ1v) is 7.13. The molecule has 0 saturated carbocycles. The highest BCUT2D eigenvalue weighted by Gasteiger charge is 2.27. The van der Waals surface area contributed by atoms with Gasteiger partial charge >= 0.3 is 11.9 Å². The molecule has 7 nitrogen and oxygen atoms in total. The van der Waals surface area contributed by atoms with Gasteiger partial charge in [-0.1, -0.05) is 6.07 Å². The van der Waals surface area contributed by atoms with Gasteiger partial charge < -0.3 is 10.2 Å². The molecular weight excluding hydrogens is 282 g/mol. The van der Waals surface area contributed by atoms with Crippen LogP contribution in [0.2, 0.25) is 0 Å². The van der Waals surface area contributed by atoms with Crippen LogP contribution in [0.5, 0.6) is 0 Å². The summed E-state index contributed by atoms with van der Waals surface area (Å²) in [6.07, 6.45) is -0.447. The van der Waals surface area contributed by atoms with Gasteiger partial charge in [0.15, 0.2) is 0 Å². The second-order valence-corrected chi connectivity index (χ2v) is 6.42. The molecule has 0 bridgehead atoms. The topological polar surface area (TPSA) is 112 Å². The maximum atomic E-state index is 12.0. The molecule has 0 aliphatic carbocycles. The standard InChI is InChI=1S/C9H11NO6S2/c11-7(12)3-4-10(6-8(13)14)18(15,16)9-2-1-5-17-9/h1-2,5H,3-4,6H2,(H,11,12)(H,13,14). The zero-order valence-corrected chi connectivity index (χ0v) is 10.8. The molecule has 0 fully saturated rings. The molecule has 9 heteroatoms. The smallest absolute Gasteiger partial charge is 0.318 e. The van der Waals surface area contributed by atoms with Crippen molar-refractivity contribution in [1.29, 1.82) is 0 Å². The Kier molecular flexibility index (Phi) is 4.82. The van der Waals surface area contributed by atoms with Crippen molar-refractivity contribution in [3.05, 3.63) is 17.5 Å². The van der Waals surface area contributed by atoms with Gasteiger partial charge in [-0.3, -0.25) is 9.59 Å². The molecule has 18 heavy (non-hydrogen) atoms. The molecule has 0 aromatic carbocycles. The van der Waals surface area contributed by atoms with Crippen molar-refractivity contribution in [1.82, 2.24) is 4.31 Å². The Morgan fingerprint density at radius 3 is 2.39 bits per heavy atom. The van der Waals surface area contributed by atoms with Crippen LogP contribution >= 0.6 is 11.3 Å². The molecule has 0 aliphatic heterocycles. The van der Waals surface area contributed by atoms with Crippen LogP contribution < -0.4 is 0 Å².